The van der Waals surface area contributed by atoms with Gasteiger partial charge in [0.25, 0.3) is 0 Å². The molecule has 0 radical (unpaired) electrons. The summed E-state index contributed by atoms with van der Waals surface area (Å²) in [5.41, 5.74) is 1.01. The van der Waals surface area contributed by atoms with Crippen LogP contribution < -0.4 is 0 Å². The van der Waals surface area contributed by atoms with Crippen LogP contribution in [-0.2, 0) is 4.79 Å². The molecule has 1 saturated heterocycles. The van der Waals surface area contributed by atoms with Gasteiger partial charge in [0, 0.05) is 25.9 Å². The third-order valence-electron chi connectivity index (χ3n) is 4.03. The molecular weight excluding hydrogens is 284 g/mol. The van der Waals surface area contributed by atoms with E-state index in [1.54, 1.807) is 16.5 Å². The summed E-state index contributed by atoms with van der Waals surface area (Å²) in [5, 5.41) is 15.0. The molecule has 114 valence electrons. The quantitative estimate of drug-likeness (QED) is 0.637. The Balaban J connectivity index is 1.90. The Bertz CT molecular complexity index is 692. The molecule has 3 rings (SSSR count). The minimum absolute atomic E-state index is 0.0244. The van der Waals surface area contributed by atoms with E-state index >= 15 is 0 Å². The first-order valence-electron chi connectivity index (χ1n) is 7.05. The molecule has 1 aliphatic rings. The van der Waals surface area contributed by atoms with Crippen molar-refractivity contribution in [3.05, 3.63) is 58.4 Å². The molecule has 1 aliphatic heterocycles. The molecule has 0 saturated carbocycles. The zero-order chi connectivity index (χ0) is 15.7. The normalized spacial score (nSPS) is 16.1. The van der Waals surface area contributed by atoms with Crippen LogP contribution in [0, 0.1) is 16.0 Å². The molecule has 0 spiro atoms. The summed E-state index contributed by atoms with van der Waals surface area (Å²) in [6.45, 7) is 2.83. The number of rotatable bonds is 4. The van der Waals surface area contributed by atoms with Gasteiger partial charge in [-0.3, -0.25) is 19.6 Å². The Kier molecular flexibility index (Phi) is 3.62. The highest BCUT2D eigenvalue weighted by Gasteiger charge is 2.37. The highest BCUT2D eigenvalue weighted by atomic mass is 16.6. The van der Waals surface area contributed by atoms with Crippen LogP contribution in [0.15, 0.2) is 42.7 Å². The fourth-order valence-electron chi connectivity index (χ4n) is 2.84. The smallest absolute Gasteiger partial charge is 0.307 e. The zero-order valence-corrected chi connectivity index (χ0v) is 12.1. The fraction of sp³-hybridized carbons (Fsp3) is 0.333. The minimum Gasteiger partial charge on any atom is -0.342 e. The van der Waals surface area contributed by atoms with Gasteiger partial charge in [0.1, 0.15) is 12.4 Å². The largest absolute Gasteiger partial charge is 0.342 e. The lowest BCUT2D eigenvalue weighted by molar-refractivity contribution is -0.385. The highest BCUT2D eigenvalue weighted by Crippen LogP contribution is 2.33. The first kappa shape index (κ1) is 14.2. The first-order chi connectivity index (χ1) is 10.6. The molecule has 1 amide bonds. The number of hydrogen-bond donors (Lipinski definition) is 0. The van der Waals surface area contributed by atoms with E-state index in [0.29, 0.717) is 13.1 Å². The number of benzene rings is 1. The van der Waals surface area contributed by atoms with Crippen molar-refractivity contribution in [2.45, 2.75) is 13.0 Å². The fourth-order valence-corrected chi connectivity index (χ4v) is 2.84. The summed E-state index contributed by atoms with van der Waals surface area (Å²) in [7, 11) is 0. The van der Waals surface area contributed by atoms with Crippen molar-refractivity contribution >= 4 is 11.6 Å². The number of aromatic nitrogens is 2. The number of nitro groups is 1. The van der Waals surface area contributed by atoms with Gasteiger partial charge in [-0.2, -0.15) is 5.10 Å². The molecule has 1 atom stereocenters. The second-order valence-corrected chi connectivity index (χ2v) is 5.48. The number of carbonyl (C=O) groups excluding carboxylic acids is 1. The van der Waals surface area contributed by atoms with E-state index in [-0.39, 0.29) is 23.6 Å². The van der Waals surface area contributed by atoms with E-state index in [4.69, 9.17) is 0 Å². The maximum atomic E-state index is 11.4. The molecule has 0 bridgehead atoms. The lowest BCUT2D eigenvalue weighted by Gasteiger charge is -2.43. The predicted octanol–water partition coefficient (Wildman–Crippen LogP) is 1.86. The maximum absolute atomic E-state index is 11.4. The number of amides is 1. The lowest BCUT2D eigenvalue weighted by Crippen LogP contribution is -2.52. The minimum atomic E-state index is -0.450. The van der Waals surface area contributed by atoms with Crippen LogP contribution >= 0.6 is 0 Å². The Morgan fingerprint density at radius 3 is 2.59 bits per heavy atom. The van der Waals surface area contributed by atoms with Gasteiger partial charge in [-0.05, 0) is 5.56 Å². The average Bonchev–Trinajstić information content (AvgIpc) is 2.92. The second kappa shape index (κ2) is 5.59. The maximum Gasteiger partial charge on any atom is 0.307 e. The van der Waals surface area contributed by atoms with Crippen LogP contribution in [0.25, 0.3) is 0 Å². The van der Waals surface area contributed by atoms with Gasteiger partial charge in [0.15, 0.2) is 0 Å². The van der Waals surface area contributed by atoms with E-state index in [0.717, 1.165) is 5.56 Å². The molecule has 1 unspecified atom stereocenters. The Morgan fingerprint density at radius 1 is 1.36 bits per heavy atom. The van der Waals surface area contributed by atoms with Crippen LogP contribution in [0.5, 0.6) is 0 Å². The molecule has 2 heterocycles. The number of likely N-dealkylation sites (tertiary alicyclic amines) is 1. The number of nitrogens with zero attached hydrogens (tertiary/aromatic N) is 4. The molecule has 1 fully saturated rings. The van der Waals surface area contributed by atoms with Crippen molar-refractivity contribution in [3.63, 3.8) is 0 Å². The molecule has 1 aromatic heterocycles. The van der Waals surface area contributed by atoms with Crippen LogP contribution in [0.1, 0.15) is 18.5 Å². The van der Waals surface area contributed by atoms with Crippen LogP contribution in [0.3, 0.4) is 0 Å². The summed E-state index contributed by atoms with van der Waals surface area (Å²) in [6, 6.07) is 9.65. The number of hydrogen-bond acceptors (Lipinski definition) is 4. The van der Waals surface area contributed by atoms with Crippen LogP contribution in [-0.4, -0.2) is 38.6 Å². The standard InChI is InChI=1S/C15H16N4O3/c1-11(20)17-8-13(9-17)15(12-5-3-2-4-6-12)18-10-14(7-16-18)19(21)22/h2-7,10,13,15H,8-9H2,1H3. The highest BCUT2D eigenvalue weighted by molar-refractivity contribution is 5.74. The third-order valence-corrected chi connectivity index (χ3v) is 4.03. The topological polar surface area (TPSA) is 81.3 Å². The van der Waals surface area contributed by atoms with Crippen LogP contribution in [0.2, 0.25) is 0 Å². The van der Waals surface area contributed by atoms with Crippen molar-refractivity contribution < 1.29 is 9.72 Å². The van der Waals surface area contributed by atoms with Crippen molar-refractivity contribution in [3.8, 4) is 0 Å². The van der Waals surface area contributed by atoms with Gasteiger partial charge < -0.3 is 4.90 Å². The summed E-state index contributed by atoms with van der Waals surface area (Å²) in [6.07, 6.45) is 2.71. The lowest BCUT2D eigenvalue weighted by atomic mass is 9.87. The van der Waals surface area contributed by atoms with Gasteiger partial charge in [0.05, 0.1) is 11.0 Å². The van der Waals surface area contributed by atoms with Gasteiger partial charge in [0.2, 0.25) is 5.91 Å². The van der Waals surface area contributed by atoms with E-state index < -0.39 is 4.92 Å². The van der Waals surface area contributed by atoms with Gasteiger partial charge in [-0.25, -0.2) is 0 Å². The third kappa shape index (κ3) is 2.57. The molecule has 0 aliphatic carbocycles. The predicted molar refractivity (Wildman–Crippen MR) is 79.2 cm³/mol. The monoisotopic (exact) mass is 300 g/mol. The summed E-state index contributed by atoms with van der Waals surface area (Å²) in [4.78, 5) is 23.6. The Morgan fingerprint density at radius 2 is 2.05 bits per heavy atom. The molecule has 22 heavy (non-hydrogen) atoms. The summed E-state index contributed by atoms with van der Waals surface area (Å²) in [5.74, 6) is 0.250. The van der Waals surface area contributed by atoms with Gasteiger partial charge in [-0.15, -0.1) is 0 Å². The molecule has 0 N–H and O–H groups in total. The number of carbonyl (C=O) groups is 1. The van der Waals surface area contributed by atoms with Gasteiger partial charge >= 0.3 is 5.69 Å². The first-order valence-corrected chi connectivity index (χ1v) is 7.05. The Hall–Kier alpha value is -2.70. The second-order valence-electron chi connectivity index (χ2n) is 5.48. The van der Waals surface area contributed by atoms with Crippen molar-refractivity contribution in [2.24, 2.45) is 5.92 Å². The average molecular weight is 300 g/mol. The SMILES string of the molecule is CC(=O)N1CC(C(c2ccccc2)n2cc([N+](=O)[O-])cn2)C1. The molecule has 1 aromatic carbocycles. The van der Waals surface area contributed by atoms with Crippen LogP contribution in [0.4, 0.5) is 5.69 Å². The zero-order valence-electron chi connectivity index (χ0n) is 12.1. The van der Waals surface area contributed by atoms with E-state index in [2.05, 4.69) is 5.10 Å². The van der Waals surface area contributed by atoms with E-state index in [9.17, 15) is 14.9 Å². The Labute approximate surface area is 127 Å². The van der Waals surface area contributed by atoms with E-state index in [1.165, 1.54) is 12.4 Å². The van der Waals surface area contributed by atoms with Crippen molar-refractivity contribution in [1.29, 1.82) is 0 Å². The molecule has 7 heteroatoms. The van der Waals surface area contributed by atoms with Gasteiger partial charge in [-0.1, -0.05) is 30.3 Å². The van der Waals surface area contributed by atoms with Crippen molar-refractivity contribution in [2.75, 3.05) is 13.1 Å². The van der Waals surface area contributed by atoms with Crippen molar-refractivity contribution in [1.82, 2.24) is 14.7 Å². The molecule has 2 aromatic rings. The molecule has 7 nitrogen and oxygen atoms in total. The molecular formula is C15H16N4O3. The van der Waals surface area contributed by atoms with E-state index in [1.807, 2.05) is 30.3 Å². The summed E-state index contributed by atoms with van der Waals surface area (Å²) >= 11 is 0. The summed E-state index contributed by atoms with van der Waals surface area (Å²) < 4.78 is 1.63.